The van der Waals surface area contributed by atoms with E-state index in [1.807, 2.05) is 0 Å². The Morgan fingerprint density at radius 3 is 2.27 bits per heavy atom. The van der Waals surface area contributed by atoms with Crippen LogP contribution in [0.2, 0.25) is 0 Å². The molecule has 4 rings (SSSR count). The summed E-state index contributed by atoms with van der Waals surface area (Å²) >= 11 is 0. The normalized spacial score (nSPS) is 32.2. The molecule has 0 aliphatic heterocycles. The first-order valence-electron chi connectivity index (χ1n) is 19.8. The lowest BCUT2D eigenvalue weighted by Gasteiger charge is -2.58. The van der Waals surface area contributed by atoms with E-state index in [1.54, 1.807) is 5.57 Å². The molecule has 9 atom stereocenters. The van der Waals surface area contributed by atoms with Gasteiger partial charge < -0.3 is 39.2 Å². The molecule has 0 radical (unpaired) electrons. The Morgan fingerprint density at radius 1 is 0.878 bits per heavy atom. The smallest absolute Gasteiger partial charge is 0.407 e. The van der Waals surface area contributed by atoms with Crippen molar-refractivity contribution >= 4 is 6.09 Å². The summed E-state index contributed by atoms with van der Waals surface area (Å²) in [6.07, 6.45) is 16.1. The van der Waals surface area contributed by atoms with Gasteiger partial charge in [0.25, 0.3) is 0 Å². The maximum Gasteiger partial charge on any atom is 0.407 e. The SMILES string of the molecule is CC(C)CCC[C@@H](C)C1CCC2C3CC=C4C[C@H](OC(=O)NCCCOCCOCCOCCOCC(O)CO)CC[C@@]4(C)C3CC[C@]21C. The molecule has 0 bridgehead atoms. The first-order valence-corrected chi connectivity index (χ1v) is 19.8. The molecule has 0 saturated heterocycles. The predicted octanol–water partition coefficient (Wildman–Crippen LogP) is 6.93. The van der Waals surface area contributed by atoms with Crippen LogP contribution < -0.4 is 5.32 Å². The van der Waals surface area contributed by atoms with E-state index in [-0.39, 0.29) is 30.8 Å². The lowest BCUT2D eigenvalue weighted by Crippen LogP contribution is -2.51. The second-order valence-corrected chi connectivity index (χ2v) is 16.6. The van der Waals surface area contributed by atoms with Crippen LogP contribution in [-0.2, 0) is 23.7 Å². The van der Waals surface area contributed by atoms with Gasteiger partial charge in [0.1, 0.15) is 12.2 Å². The van der Waals surface area contributed by atoms with Crippen LogP contribution >= 0.6 is 0 Å². The van der Waals surface area contributed by atoms with Gasteiger partial charge in [-0.25, -0.2) is 4.79 Å². The fourth-order valence-corrected chi connectivity index (χ4v) is 10.2. The van der Waals surface area contributed by atoms with E-state index in [9.17, 15) is 9.90 Å². The number of ether oxygens (including phenoxy) is 5. The van der Waals surface area contributed by atoms with Crippen LogP contribution in [0.3, 0.4) is 0 Å². The Bertz CT molecular complexity index is 1010. The predicted molar refractivity (Wildman–Crippen MR) is 192 cm³/mol. The van der Waals surface area contributed by atoms with Crippen LogP contribution in [0.4, 0.5) is 4.79 Å². The van der Waals surface area contributed by atoms with Gasteiger partial charge >= 0.3 is 6.09 Å². The van der Waals surface area contributed by atoms with E-state index in [0.717, 1.165) is 61.2 Å². The number of aliphatic hydroxyl groups excluding tert-OH is 2. The molecule has 0 heterocycles. The first kappa shape index (κ1) is 40.5. The molecule has 4 aliphatic rings. The van der Waals surface area contributed by atoms with Crippen LogP contribution in [-0.4, -0.2) is 94.5 Å². The van der Waals surface area contributed by atoms with E-state index in [1.165, 1.54) is 51.4 Å². The van der Waals surface area contributed by atoms with E-state index in [4.69, 9.17) is 28.8 Å². The second kappa shape index (κ2) is 20.1. The number of hydrogen-bond donors (Lipinski definition) is 3. The maximum atomic E-state index is 12.6. The summed E-state index contributed by atoms with van der Waals surface area (Å²) < 4.78 is 27.6. The Kier molecular flexibility index (Phi) is 16.7. The molecule has 1 amide bonds. The highest BCUT2D eigenvalue weighted by Crippen LogP contribution is 2.67. The molecule has 0 aromatic carbocycles. The summed E-state index contributed by atoms with van der Waals surface area (Å²) in [6, 6.07) is 0. The van der Waals surface area contributed by atoms with Gasteiger partial charge in [0.05, 0.1) is 52.9 Å². The third-order valence-electron chi connectivity index (χ3n) is 12.9. The van der Waals surface area contributed by atoms with Gasteiger partial charge in [-0.1, -0.05) is 65.5 Å². The highest BCUT2D eigenvalue weighted by Gasteiger charge is 2.59. The molecule has 3 fully saturated rings. The van der Waals surface area contributed by atoms with E-state index in [2.05, 4.69) is 46.0 Å². The maximum absolute atomic E-state index is 12.6. The summed E-state index contributed by atoms with van der Waals surface area (Å²) in [5.74, 6) is 5.01. The van der Waals surface area contributed by atoms with Crippen molar-refractivity contribution in [3.63, 3.8) is 0 Å². The van der Waals surface area contributed by atoms with Gasteiger partial charge in [0, 0.05) is 19.6 Å². The summed E-state index contributed by atoms with van der Waals surface area (Å²) in [7, 11) is 0. The number of alkyl carbamates (subject to hydrolysis) is 1. The number of allylic oxidation sites excluding steroid dienone is 1. The third kappa shape index (κ3) is 11.4. The summed E-state index contributed by atoms with van der Waals surface area (Å²) in [4.78, 5) is 12.6. The van der Waals surface area contributed by atoms with Gasteiger partial charge in [-0.15, -0.1) is 0 Å². The van der Waals surface area contributed by atoms with Gasteiger partial charge in [0.2, 0.25) is 0 Å². The number of carbonyl (C=O) groups is 1. The number of aliphatic hydroxyl groups is 2. The lowest BCUT2D eigenvalue weighted by atomic mass is 9.47. The molecule has 0 spiro atoms. The lowest BCUT2D eigenvalue weighted by molar-refractivity contribution is -0.0581. The van der Waals surface area contributed by atoms with Gasteiger partial charge in [0.15, 0.2) is 0 Å². The fraction of sp³-hybridized carbons (Fsp3) is 0.925. The first-order chi connectivity index (χ1) is 23.6. The van der Waals surface area contributed by atoms with E-state index < -0.39 is 6.10 Å². The number of rotatable bonds is 22. The van der Waals surface area contributed by atoms with Crippen LogP contribution in [0.15, 0.2) is 11.6 Å². The van der Waals surface area contributed by atoms with Crippen molar-refractivity contribution in [2.45, 2.75) is 124 Å². The minimum Gasteiger partial charge on any atom is -0.446 e. The molecule has 4 aliphatic carbocycles. The van der Waals surface area contributed by atoms with Crippen LogP contribution in [0, 0.1) is 46.3 Å². The molecular formula is C40H71NO8. The van der Waals surface area contributed by atoms with Crippen LogP contribution in [0.25, 0.3) is 0 Å². The molecule has 0 aromatic rings. The average Bonchev–Trinajstić information content (AvgIpc) is 3.43. The number of amides is 1. The summed E-state index contributed by atoms with van der Waals surface area (Å²) in [6.45, 7) is 16.0. The van der Waals surface area contributed by atoms with Crippen LogP contribution in [0.5, 0.6) is 0 Å². The van der Waals surface area contributed by atoms with Gasteiger partial charge in [-0.3, -0.25) is 0 Å². The number of fused-ring (bicyclic) bond motifs is 5. The van der Waals surface area contributed by atoms with Crippen molar-refractivity contribution in [1.82, 2.24) is 5.32 Å². The highest BCUT2D eigenvalue weighted by atomic mass is 16.6. The molecule has 284 valence electrons. The van der Waals surface area contributed by atoms with E-state index in [0.29, 0.717) is 58.2 Å². The zero-order chi connectivity index (χ0) is 35.3. The zero-order valence-corrected chi connectivity index (χ0v) is 31.6. The standard InChI is InChI=1S/C40H71NO8/c1-29(2)8-6-9-30(3)35-12-13-36-34-11-10-31-26-33(14-16-39(31,4)37(34)15-17-40(35,36)5)49-38(44)41-18-7-19-45-20-21-46-22-23-47-24-25-48-28-32(43)27-42/h10,29-30,32-37,42-43H,6-9,11-28H2,1-5H3,(H,41,44)/t30-,32?,33-,34?,35?,36?,37?,39-,40+/m1/s1. The van der Waals surface area contributed by atoms with Crippen LogP contribution in [0.1, 0.15) is 112 Å². The average molecular weight is 694 g/mol. The molecule has 49 heavy (non-hydrogen) atoms. The Labute approximate surface area is 297 Å². The molecule has 3 saturated carbocycles. The number of nitrogens with one attached hydrogen (secondary N) is 1. The zero-order valence-electron chi connectivity index (χ0n) is 31.6. The monoisotopic (exact) mass is 694 g/mol. The largest absolute Gasteiger partial charge is 0.446 e. The molecule has 3 N–H and O–H groups in total. The van der Waals surface area contributed by atoms with Gasteiger partial charge in [-0.2, -0.15) is 0 Å². The Morgan fingerprint density at radius 2 is 1.57 bits per heavy atom. The molecule has 9 nitrogen and oxygen atoms in total. The summed E-state index contributed by atoms with van der Waals surface area (Å²) in [5, 5.41) is 20.8. The third-order valence-corrected chi connectivity index (χ3v) is 12.9. The van der Waals surface area contributed by atoms with Crippen molar-refractivity contribution in [3.05, 3.63) is 11.6 Å². The van der Waals surface area contributed by atoms with Gasteiger partial charge in [-0.05, 0) is 97.7 Å². The highest BCUT2D eigenvalue weighted by molar-refractivity contribution is 5.67. The Balaban J connectivity index is 1.07. The van der Waals surface area contributed by atoms with Crippen molar-refractivity contribution in [2.75, 3.05) is 66.0 Å². The van der Waals surface area contributed by atoms with E-state index >= 15 is 0 Å². The number of hydrogen-bond acceptors (Lipinski definition) is 8. The summed E-state index contributed by atoms with van der Waals surface area (Å²) in [5.41, 5.74) is 2.33. The molecular weight excluding hydrogens is 622 g/mol. The quantitative estimate of drug-likeness (QED) is 0.0826. The van der Waals surface area contributed by atoms with Crippen molar-refractivity contribution in [2.24, 2.45) is 46.3 Å². The van der Waals surface area contributed by atoms with Crippen molar-refractivity contribution in [1.29, 1.82) is 0 Å². The Hall–Kier alpha value is -1.23. The van der Waals surface area contributed by atoms with Crippen molar-refractivity contribution in [3.8, 4) is 0 Å². The minimum absolute atomic E-state index is 0.0312. The molecule has 0 aromatic heterocycles. The second-order valence-electron chi connectivity index (χ2n) is 16.6. The molecule has 9 heteroatoms. The topological polar surface area (TPSA) is 116 Å². The minimum atomic E-state index is -0.846. The number of carbonyl (C=O) groups excluding carboxylic acids is 1. The van der Waals surface area contributed by atoms with Crippen molar-refractivity contribution < 1.29 is 38.7 Å². The molecule has 5 unspecified atom stereocenters. The fourth-order valence-electron chi connectivity index (χ4n) is 10.2.